The highest BCUT2D eigenvalue weighted by atomic mass is 16.5. The molecule has 42 heavy (non-hydrogen) atoms. The van der Waals surface area contributed by atoms with E-state index in [-0.39, 0.29) is 38.8 Å². The monoisotopic (exact) mass is 579 g/mol. The Morgan fingerprint density at radius 2 is 1.55 bits per heavy atom. The van der Waals surface area contributed by atoms with E-state index in [9.17, 15) is 14.4 Å². The molecule has 5 fully saturated rings. The number of hydrogen-bond donors (Lipinski definition) is 1. The highest BCUT2D eigenvalue weighted by molar-refractivity contribution is 6.00. The molecule has 0 heterocycles. The summed E-state index contributed by atoms with van der Waals surface area (Å²) in [6, 6.07) is 0. The maximum Gasteiger partial charge on any atom is 0.407 e. The fraction of sp³-hybridized carbons (Fsp3) is 0.865. The third-order valence-corrected chi connectivity index (χ3v) is 15.1. The Kier molecular flexibility index (Phi) is 6.82. The molecule has 8 atom stereocenters. The Bertz CT molecular complexity index is 1230. The molecule has 5 saturated carbocycles. The quantitative estimate of drug-likeness (QED) is 0.355. The summed E-state index contributed by atoms with van der Waals surface area (Å²) in [6.45, 7) is 21.2. The summed E-state index contributed by atoms with van der Waals surface area (Å²) < 4.78 is 5.62. The van der Waals surface area contributed by atoms with Crippen molar-refractivity contribution >= 4 is 17.7 Å². The van der Waals surface area contributed by atoms with Crippen molar-refractivity contribution in [3.05, 3.63) is 11.1 Å². The minimum atomic E-state index is -0.902. The molecule has 1 N–H and O–H groups in total. The van der Waals surface area contributed by atoms with Gasteiger partial charge in [-0.2, -0.15) is 0 Å². The van der Waals surface area contributed by atoms with Crippen molar-refractivity contribution in [2.45, 2.75) is 138 Å². The zero-order valence-corrected chi connectivity index (χ0v) is 28.0. The number of carbonyl (C=O) groups is 3. The van der Waals surface area contributed by atoms with Crippen molar-refractivity contribution in [1.29, 1.82) is 0 Å². The van der Waals surface area contributed by atoms with E-state index in [2.05, 4.69) is 60.7 Å². The minimum absolute atomic E-state index is 0.0405. The molecular formula is C37H57NO4. The number of rotatable bonds is 5. The molecule has 0 unspecified atom stereocenters. The topological polar surface area (TPSA) is 72.5 Å². The van der Waals surface area contributed by atoms with Gasteiger partial charge in [-0.3, -0.25) is 9.59 Å². The van der Waals surface area contributed by atoms with E-state index < -0.39 is 11.6 Å². The molecule has 6 aliphatic rings. The molecule has 1 amide bonds. The Balaban J connectivity index is 1.34. The largest absolute Gasteiger partial charge is 0.449 e. The van der Waals surface area contributed by atoms with Crippen molar-refractivity contribution in [2.24, 2.45) is 56.7 Å². The van der Waals surface area contributed by atoms with Crippen LogP contribution in [0.4, 0.5) is 4.79 Å². The van der Waals surface area contributed by atoms with E-state index in [1.807, 2.05) is 0 Å². The highest BCUT2D eigenvalue weighted by Gasteiger charge is 2.71. The normalized spacial score (nSPS) is 46.0. The number of ketones is 2. The average molecular weight is 580 g/mol. The predicted molar refractivity (Wildman–Crippen MR) is 166 cm³/mol. The Morgan fingerprint density at radius 1 is 0.857 bits per heavy atom. The molecule has 6 rings (SSSR count). The van der Waals surface area contributed by atoms with Crippen LogP contribution >= 0.6 is 0 Å². The van der Waals surface area contributed by atoms with E-state index in [4.69, 9.17) is 4.74 Å². The Labute approximate surface area is 254 Å². The van der Waals surface area contributed by atoms with Gasteiger partial charge in [-0.25, -0.2) is 4.79 Å². The number of nitrogens with one attached hydrogen (secondary N) is 1. The first-order valence-corrected chi connectivity index (χ1v) is 17.2. The molecule has 0 aliphatic heterocycles. The molecule has 0 aromatic heterocycles. The van der Waals surface area contributed by atoms with Crippen LogP contribution in [0.1, 0.15) is 133 Å². The standard InChI is InChI=1S/C37H57NO4/c1-22(2)29-26(40)20-33(6)16-18-35(8)25(30(29)33)12-13-28-34(7)17-19-37(23(3)39,38-31(41)42-21-24-10-11-24)32(4,5)27(34)14-15-36(28,35)9/h22,24-25,27-28H,10-21H2,1-9H3,(H,38,41)/t25-,27+,28-,33+,34+,35-,36-,37-/m1/s1. The molecule has 0 saturated heterocycles. The van der Waals surface area contributed by atoms with E-state index in [1.165, 1.54) is 24.0 Å². The van der Waals surface area contributed by atoms with Crippen molar-refractivity contribution in [3.8, 4) is 0 Å². The molecule has 6 aliphatic carbocycles. The van der Waals surface area contributed by atoms with E-state index in [0.29, 0.717) is 48.9 Å². The number of carbonyl (C=O) groups excluding carboxylic acids is 3. The smallest absolute Gasteiger partial charge is 0.407 e. The summed E-state index contributed by atoms with van der Waals surface area (Å²) in [5, 5.41) is 3.19. The molecule has 0 spiro atoms. The van der Waals surface area contributed by atoms with Gasteiger partial charge in [0.2, 0.25) is 0 Å². The van der Waals surface area contributed by atoms with Gasteiger partial charge in [0, 0.05) is 6.42 Å². The molecule has 0 aromatic rings. The van der Waals surface area contributed by atoms with Crippen LogP contribution in [0.2, 0.25) is 0 Å². The fourth-order valence-corrected chi connectivity index (χ4v) is 12.5. The molecule has 234 valence electrons. The summed E-state index contributed by atoms with van der Waals surface area (Å²) in [7, 11) is 0. The van der Waals surface area contributed by atoms with Gasteiger partial charge in [-0.05, 0) is 133 Å². The van der Waals surface area contributed by atoms with Crippen molar-refractivity contribution < 1.29 is 19.1 Å². The Hall–Kier alpha value is -1.65. The fourth-order valence-electron chi connectivity index (χ4n) is 12.5. The van der Waals surface area contributed by atoms with Gasteiger partial charge < -0.3 is 10.1 Å². The van der Waals surface area contributed by atoms with Crippen LogP contribution in [0.15, 0.2) is 11.1 Å². The van der Waals surface area contributed by atoms with Gasteiger partial charge in [0.05, 0.1) is 6.61 Å². The zero-order chi connectivity index (χ0) is 30.7. The van der Waals surface area contributed by atoms with Gasteiger partial charge in [-0.15, -0.1) is 0 Å². The summed E-state index contributed by atoms with van der Waals surface area (Å²) in [4.78, 5) is 40.0. The number of hydrogen-bond acceptors (Lipinski definition) is 4. The number of fused-ring (bicyclic) bond motifs is 7. The van der Waals surface area contributed by atoms with E-state index in [1.54, 1.807) is 6.92 Å². The first-order chi connectivity index (χ1) is 19.5. The second-order valence-electron chi connectivity index (χ2n) is 17.6. The minimum Gasteiger partial charge on any atom is -0.449 e. The lowest BCUT2D eigenvalue weighted by atomic mass is 9.32. The molecular weight excluding hydrogens is 522 g/mol. The van der Waals surface area contributed by atoms with Gasteiger partial charge in [-0.1, -0.05) is 61.0 Å². The molecule has 5 heteroatoms. The van der Waals surface area contributed by atoms with Crippen molar-refractivity contribution in [1.82, 2.24) is 5.32 Å². The van der Waals surface area contributed by atoms with Crippen LogP contribution in [-0.2, 0) is 14.3 Å². The third kappa shape index (κ3) is 3.88. The lowest BCUT2D eigenvalue weighted by Gasteiger charge is -2.73. The summed E-state index contributed by atoms with van der Waals surface area (Å²) in [6.07, 6.45) is 11.0. The van der Waals surface area contributed by atoms with E-state index in [0.717, 1.165) is 44.9 Å². The van der Waals surface area contributed by atoms with Gasteiger partial charge in [0.15, 0.2) is 11.6 Å². The van der Waals surface area contributed by atoms with Gasteiger partial charge in [0.1, 0.15) is 5.54 Å². The molecule has 0 radical (unpaired) electrons. The second kappa shape index (κ2) is 9.43. The van der Waals surface area contributed by atoms with Crippen molar-refractivity contribution in [3.63, 3.8) is 0 Å². The number of amides is 1. The summed E-state index contributed by atoms with van der Waals surface area (Å²) in [5.74, 6) is 2.62. The number of alkyl carbamates (subject to hydrolysis) is 1. The third-order valence-electron chi connectivity index (χ3n) is 15.1. The first-order valence-electron chi connectivity index (χ1n) is 17.2. The zero-order valence-electron chi connectivity index (χ0n) is 28.0. The van der Waals surface area contributed by atoms with Crippen LogP contribution in [0.5, 0.6) is 0 Å². The highest BCUT2D eigenvalue weighted by Crippen LogP contribution is 2.77. The van der Waals surface area contributed by atoms with Gasteiger partial charge >= 0.3 is 6.09 Å². The predicted octanol–water partition coefficient (Wildman–Crippen LogP) is 8.45. The molecule has 0 aromatic carbocycles. The van der Waals surface area contributed by atoms with Crippen LogP contribution in [0.3, 0.4) is 0 Å². The first kappa shape index (κ1) is 30.4. The second-order valence-corrected chi connectivity index (χ2v) is 17.6. The molecule has 0 bridgehead atoms. The number of allylic oxidation sites excluding steroid dienone is 2. The number of ether oxygens (including phenoxy) is 1. The summed E-state index contributed by atoms with van der Waals surface area (Å²) >= 11 is 0. The van der Waals surface area contributed by atoms with Crippen LogP contribution < -0.4 is 5.32 Å². The maximum absolute atomic E-state index is 13.5. The average Bonchev–Trinajstić information content (AvgIpc) is 3.67. The molecule has 5 nitrogen and oxygen atoms in total. The van der Waals surface area contributed by atoms with Crippen molar-refractivity contribution in [2.75, 3.05) is 6.61 Å². The van der Waals surface area contributed by atoms with Crippen LogP contribution in [-0.4, -0.2) is 29.8 Å². The van der Waals surface area contributed by atoms with Crippen LogP contribution in [0.25, 0.3) is 0 Å². The van der Waals surface area contributed by atoms with Crippen LogP contribution in [0, 0.1) is 56.7 Å². The number of Topliss-reactive ketones (excluding diaryl/α,β-unsaturated/α-hetero) is 2. The maximum atomic E-state index is 13.5. The Morgan fingerprint density at radius 3 is 2.17 bits per heavy atom. The lowest BCUT2D eigenvalue weighted by Crippen LogP contribution is -2.72. The SMILES string of the molecule is CC(=O)[C@]1(NC(=O)OCC2CC2)CC[C@]2(C)[C@H]3CC[C@@H]4C5=C(C(C)C)C(=O)C[C@]5(C)CC[C@@]4(C)[C@]3(C)CC[C@H]2C1(C)C. The van der Waals surface area contributed by atoms with E-state index >= 15 is 0 Å². The van der Waals surface area contributed by atoms with Gasteiger partial charge in [0.25, 0.3) is 0 Å². The lowest BCUT2D eigenvalue weighted by molar-refractivity contribution is -0.224. The summed E-state index contributed by atoms with van der Waals surface area (Å²) in [5.41, 5.74) is 1.88.